The van der Waals surface area contributed by atoms with E-state index in [1.165, 1.54) is 0 Å². The molecule has 1 unspecified atom stereocenters. The molecule has 0 aliphatic carbocycles. The summed E-state index contributed by atoms with van der Waals surface area (Å²) < 4.78 is 0. The van der Waals surface area contributed by atoms with Crippen LogP contribution in [0.2, 0.25) is 0 Å². The number of aliphatic hydroxyl groups excluding tert-OH is 1. The number of nitrogens with one attached hydrogen (secondary N) is 2. The average Bonchev–Trinajstić information content (AvgIpc) is 2.29. The first kappa shape index (κ1) is 12.9. The minimum absolute atomic E-state index is 0.361. The van der Waals surface area contributed by atoms with E-state index in [9.17, 15) is 9.59 Å². The molecule has 1 aromatic rings. The fraction of sp³-hybridized carbons (Fsp3) is 0.300. The van der Waals surface area contributed by atoms with Gasteiger partial charge in [-0.15, -0.1) is 0 Å². The zero-order chi connectivity index (χ0) is 12.8. The van der Waals surface area contributed by atoms with Crippen molar-refractivity contribution in [3.8, 4) is 0 Å². The maximum absolute atomic E-state index is 11.3. The zero-order valence-electron chi connectivity index (χ0n) is 9.17. The smallest absolute Gasteiger partial charge is 0.334 e. The quantitative estimate of drug-likeness (QED) is 0.589. The Balaban J connectivity index is 2.46. The average molecular weight is 239 g/mol. The first-order chi connectivity index (χ1) is 8.00. The second-order valence-electron chi connectivity index (χ2n) is 3.33. The van der Waals surface area contributed by atoms with Crippen LogP contribution in [-0.4, -0.2) is 39.8 Å². The molecule has 0 saturated carbocycles. The second-order valence-corrected chi connectivity index (χ2v) is 3.33. The van der Waals surface area contributed by atoms with E-state index in [0.29, 0.717) is 11.4 Å². The third kappa shape index (κ3) is 4.07. The Hall–Kier alpha value is -2.15. The number of amides is 2. The number of pyridine rings is 1. The van der Waals surface area contributed by atoms with E-state index in [0.717, 1.165) is 0 Å². The van der Waals surface area contributed by atoms with Crippen LogP contribution in [0, 0.1) is 6.92 Å². The molecule has 17 heavy (non-hydrogen) atoms. The molecule has 0 radical (unpaired) electrons. The molecule has 92 valence electrons. The highest BCUT2D eigenvalue weighted by Gasteiger charge is 2.14. The summed E-state index contributed by atoms with van der Waals surface area (Å²) >= 11 is 0. The number of carbonyl (C=O) groups is 2. The van der Waals surface area contributed by atoms with Gasteiger partial charge in [0.1, 0.15) is 0 Å². The van der Waals surface area contributed by atoms with E-state index in [1.54, 1.807) is 25.3 Å². The molecule has 1 aromatic heterocycles. The lowest BCUT2D eigenvalue weighted by Crippen LogP contribution is -2.38. The molecule has 0 bridgehead atoms. The Labute approximate surface area is 97.5 Å². The zero-order valence-corrected chi connectivity index (χ0v) is 9.17. The predicted octanol–water partition coefficient (Wildman–Crippen LogP) is -0.0430. The number of aryl methyl sites for hydroxylation is 1. The number of carboxylic acids is 1. The molecule has 7 nitrogen and oxygen atoms in total. The second kappa shape index (κ2) is 5.80. The third-order valence-electron chi connectivity index (χ3n) is 2.00. The van der Waals surface area contributed by atoms with Crippen LogP contribution in [0.5, 0.6) is 0 Å². The van der Waals surface area contributed by atoms with Gasteiger partial charge in [-0.05, 0) is 19.1 Å². The first-order valence-corrected chi connectivity index (χ1v) is 4.88. The summed E-state index contributed by atoms with van der Waals surface area (Å²) in [4.78, 5) is 25.6. The van der Waals surface area contributed by atoms with Crippen LogP contribution in [0.1, 0.15) is 5.69 Å². The van der Waals surface area contributed by atoms with Crippen LogP contribution < -0.4 is 10.6 Å². The largest absolute Gasteiger partial charge is 0.479 e. The Morgan fingerprint density at radius 3 is 2.82 bits per heavy atom. The molecule has 0 spiro atoms. The van der Waals surface area contributed by atoms with Gasteiger partial charge in [0.2, 0.25) is 0 Å². The summed E-state index contributed by atoms with van der Waals surface area (Å²) in [5, 5.41) is 22.1. The fourth-order valence-electron chi connectivity index (χ4n) is 1.06. The van der Waals surface area contributed by atoms with Crippen LogP contribution >= 0.6 is 0 Å². The Morgan fingerprint density at radius 1 is 1.53 bits per heavy atom. The van der Waals surface area contributed by atoms with Crippen LogP contribution in [0.4, 0.5) is 10.5 Å². The van der Waals surface area contributed by atoms with Gasteiger partial charge in [-0.1, -0.05) is 0 Å². The number of urea groups is 1. The van der Waals surface area contributed by atoms with E-state index >= 15 is 0 Å². The number of hydrogen-bond acceptors (Lipinski definition) is 4. The summed E-state index contributed by atoms with van der Waals surface area (Å²) in [7, 11) is 0. The number of aliphatic hydroxyl groups is 1. The topological polar surface area (TPSA) is 112 Å². The molecule has 0 aliphatic heterocycles. The van der Waals surface area contributed by atoms with E-state index in [2.05, 4.69) is 15.6 Å². The number of aliphatic carboxylic acids is 1. The van der Waals surface area contributed by atoms with E-state index in [1.807, 2.05) is 0 Å². The van der Waals surface area contributed by atoms with Gasteiger partial charge >= 0.3 is 12.0 Å². The number of hydrogen-bond donors (Lipinski definition) is 4. The van der Waals surface area contributed by atoms with Crippen molar-refractivity contribution in [2.24, 2.45) is 0 Å². The van der Waals surface area contributed by atoms with Crippen molar-refractivity contribution in [3.05, 3.63) is 24.0 Å². The molecule has 2 amide bonds. The van der Waals surface area contributed by atoms with Crippen LogP contribution in [0.25, 0.3) is 0 Å². The van der Waals surface area contributed by atoms with Crippen molar-refractivity contribution in [2.75, 3.05) is 11.9 Å². The van der Waals surface area contributed by atoms with Crippen molar-refractivity contribution in [1.29, 1.82) is 0 Å². The SMILES string of the molecule is Cc1ncccc1NC(=O)NCC(O)C(=O)O. The number of carbonyl (C=O) groups excluding carboxylic acids is 1. The molecule has 0 aliphatic rings. The molecule has 0 aromatic carbocycles. The standard InChI is InChI=1S/C10H13N3O4/c1-6-7(3-2-4-11-6)13-10(17)12-5-8(14)9(15)16/h2-4,8,14H,5H2,1H3,(H,15,16)(H2,12,13,17). The molecule has 0 saturated heterocycles. The van der Waals surface area contributed by atoms with Gasteiger partial charge in [0, 0.05) is 6.20 Å². The lowest BCUT2D eigenvalue weighted by atomic mass is 10.3. The number of rotatable bonds is 4. The lowest BCUT2D eigenvalue weighted by molar-refractivity contribution is -0.146. The summed E-state index contributed by atoms with van der Waals surface area (Å²) in [5.41, 5.74) is 1.16. The molecular formula is C10H13N3O4. The Morgan fingerprint density at radius 2 is 2.24 bits per heavy atom. The van der Waals surface area contributed by atoms with E-state index < -0.39 is 18.1 Å². The minimum Gasteiger partial charge on any atom is -0.479 e. The number of nitrogens with zero attached hydrogens (tertiary/aromatic N) is 1. The lowest BCUT2D eigenvalue weighted by Gasteiger charge is -2.10. The highest BCUT2D eigenvalue weighted by atomic mass is 16.4. The Bertz CT molecular complexity index is 422. The molecular weight excluding hydrogens is 226 g/mol. The van der Waals surface area contributed by atoms with Crippen molar-refractivity contribution in [3.63, 3.8) is 0 Å². The van der Waals surface area contributed by atoms with E-state index in [4.69, 9.17) is 10.2 Å². The van der Waals surface area contributed by atoms with Gasteiger partial charge in [-0.2, -0.15) is 0 Å². The first-order valence-electron chi connectivity index (χ1n) is 4.88. The molecule has 0 fully saturated rings. The van der Waals surface area contributed by atoms with Crippen LogP contribution in [0.15, 0.2) is 18.3 Å². The molecule has 4 N–H and O–H groups in total. The summed E-state index contributed by atoms with van der Waals surface area (Å²) in [6.45, 7) is 1.36. The van der Waals surface area contributed by atoms with E-state index in [-0.39, 0.29) is 6.54 Å². The van der Waals surface area contributed by atoms with Crippen LogP contribution in [0.3, 0.4) is 0 Å². The monoisotopic (exact) mass is 239 g/mol. The molecule has 1 rings (SSSR count). The highest BCUT2D eigenvalue weighted by molar-refractivity contribution is 5.90. The minimum atomic E-state index is -1.62. The summed E-state index contributed by atoms with van der Waals surface area (Å²) in [6, 6.07) is 2.73. The van der Waals surface area contributed by atoms with Crippen LogP contribution in [-0.2, 0) is 4.79 Å². The van der Waals surface area contributed by atoms with Gasteiger partial charge in [-0.25, -0.2) is 9.59 Å². The maximum Gasteiger partial charge on any atom is 0.334 e. The summed E-state index contributed by atoms with van der Waals surface area (Å²) in [5.74, 6) is -1.39. The van der Waals surface area contributed by atoms with Crippen molar-refractivity contribution < 1.29 is 19.8 Å². The van der Waals surface area contributed by atoms with Gasteiger partial charge in [-0.3, -0.25) is 4.98 Å². The van der Waals surface area contributed by atoms with Gasteiger partial charge in [0.15, 0.2) is 6.10 Å². The number of anilines is 1. The number of carboxylic acid groups (broad SMARTS) is 1. The maximum atomic E-state index is 11.3. The predicted molar refractivity (Wildman–Crippen MR) is 59.6 cm³/mol. The van der Waals surface area contributed by atoms with Crippen molar-refractivity contribution >= 4 is 17.7 Å². The van der Waals surface area contributed by atoms with Gasteiger partial charge in [0.05, 0.1) is 17.9 Å². The number of aromatic nitrogens is 1. The third-order valence-corrected chi connectivity index (χ3v) is 2.00. The molecule has 1 heterocycles. The van der Waals surface area contributed by atoms with Crippen molar-refractivity contribution in [1.82, 2.24) is 10.3 Å². The van der Waals surface area contributed by atoms with Gasteiger partial charge < -0.3 is 20.8 Å². The van der Waals surface area contributed by atoms with Crippen molar-refractivity contribution in [2.45, 2.75) is 13.0 Å². The normalized spacial score (nSPS) is 11.6. The van der Waals surface area contributed by atoms with Gasteiger partial charge in [0.25, 0.3) is 0 Å². The highest BCUT2D eigenvalue weighted by Crippen LogP contribution is 2.09. The molecule has 1 atom stereocenters. The fourth-order valence-corrected chi connectivity index (χ4v) is 1.06. The Kier molecular flexibility index (Phi) is 4.41. The summed E-state index contributed by atoms with van der Waals surface area (Å²) in [6.07, 6.45) is -0.0252. The molecule has 7 heteroatoms.